The Morgan fingerprint density at radius 3 is 2.31 bits per heavy atom. The largest absolute Gasteiger partial charge is 0.356 e. The van der Waals surface area contributed by atoms with Crippen molar-refractivity contribution in [2.75, 3.05) is 18.0 Å². The average molecular weight is 218 g/mol. The van der Waals surface area contributed by atoms with Gasteiger partial charge in [-0.25, -0.2) is 4.98 Å². The molecule has 0 bridgehead atoms. The van der Waals surface area contributed by atoms with E-state index in [1.165, 1.54) is 18.7 Å². The van der Waals surface area contributed by atoms with E-state index in [2.05, 4.69) is 49.7 Å². The molecule has 0 amide bonds. The lowest BCUT2D eigenvalue weighted by Gasteiger charge is -2.42. The molecule has 16 heavy (non-hydrogen) atoms. The molecule has 0 spiro atoms. The SMILES string of the molecule is CC(C)c1ccc(N2CC(C(C)C)C2)nc1. The summed E-state index contributed by atoms with van der Waals surface area (Å²) < 4.78 is 0. The minimum Gasteiger partial charge on any atom is -0.356 e. The highest BCUT2D eigenvalue weighted by Gasteiger charge is 2.29. The Kier molecular flexibility index (Phi) is 3.17. The van der Waals surface area contributed by atoms with Crippen molar-refractivity contribution in [1.29, 1.82) is 0 Å². The normalized spacial score (nSPS) is 17.0. The number of hydrogen-bond acceptors (Lipinski definition) is 2. The Morgan fingerprint density at radius 2 is 1.88 bits per heavy atom. The second-order valence-corrected chi connectivity index (χ2v) is 5.51. The minimum atomic E-state index is 0.571. The van der Waals surface area contributed by atoms with Crippen molar-refractivity contribution in [3.63, 3.8) is 0 Å². The molecule has 1 fully saturated rings. The number of anilines is 1. The molecule has 0 saturated carbocycles. The molecule has 0 unspecified atom stereocenters. The molecule has 0 aromatic carbocycles. The van der Waals surface area contributed by atoms with E-state index in [-0.39, 0.29) is 0 Å². The first-order valence-corrected chi connectivity index (χ1v) is 6.29. The van der Waals surface area contributed by atoms with Gasteiger partial charge in [0.05, 0.1) is 0 Å². The zero-order chi connectivity index (χ0) is 11.7. The summed E-state index contributed by atoms with van der Waals surface area (Å²) >= 11 is 0. The van der Waals surface area contributed by atoms with E-state index in [0.29, 0.717) is 5.92 Å². The summed E-state index contributed by atoms with van der Waals surface area (Å²) in [7, 11) is 0. The van der Waals surface area contributed by atoms with Crippen molar-refractivity contribution in [2.24, 2.45) is 11.8 Å². The zero-order valence-electron chi connectivity index (χ0n) is 10.8. The van der Waals surface area contributed by atoms with E-state index in [4.69, 9.17) is 0 Å². The fourth-order valence-corrected chi connectivity index (χ4v) is 2.05. The Morgan fingerprint density at radius 1 is 1.19 bits per heavy atom. The maximum Gasteiger partial charge on any atom is 0.128 e. The molecule has 1 aliphatic rings. The summed E-state index contributed by atoms with van der Waals surface area (Å²) in [5, 5.41) is 0. The Labute approximate surface area is 98.7 Å². The highest BCUT2D eigenvalue weighted by molar-refractivity contribution is 5.42. The van der Waals surface area contributed by atoms with Gasteiger partial charge in [0.2, 0.25) is 0 Å². The summed E-state index contributed by atoms with van der Waals surface area (Å²) in [5.74, 6) is 3.36. The van der Waals surface area contributed by atoms with E-state index in [0.717, 1.165) is 17.7 Å². The zero-order valence-corrected chi connectivity index (χ0v) is 10.8. The Hall–Kier alpha value is -1.05. The summed E-state index contributed by atoms with van der Waals surface area (Å²) in [6, 6.07) is 4.36. The average Bonchev–Trinajstić information content (AvgIpc) is 2.15. The molecule has 1 aromatic heterocycles. The highest BCUT2D eigenvalue weighted by atomic mass is 15.2. The molecular formula is C14H22N2. The number of rotatable bonds is 3. The van der Waals surface area contributed by atoms with Crippen LogP contribution in [0.2, 0.25) is 0 Å². The fourth-order valence-electron chi connectivity index (χ4n) is 2.05. The Bertz CT molecular complexity index is 334. The van der Waals surface area contributed by atoms with Gasteiger partial charge < -0.3 is 4.90 Å². The van der Waals surface area contributed by atoms with Crippen LogP contribution in [0.4, 0.5) is 5.82 Å². The van der Waals surface area contributed by atoms with Crippen LogP contribution in [0.3, 0.4) is 0 Å². The fraction of sp³-hybridized carbons (Fsp3) is 0.643. The van der Waals surface area contributed by atoms with E-state index in [1.54, 1.807) is 0 Å². The first-order valence-electron chi connectivity index (χ1n) is 6.29. The second kappa shape index (κ2) is 4.44. The third-order valence-electron chi connectivity index (χ3n) is 3.61. The van der Waals surface area contributed by atoms with E-state index < -0.39 is 0 Å². The van der Waals surface area contributed by atoms with E-state index in [9.17, 15) is 0 Å². The number of hydrogen-bond donors (Lipinski definition) is 0. The monoisotopic (exact) mass is 218 g/mol. The molecule has 88 valence electrons. The van der Waals surface area contributed by atoms with Gasteiger partial charge in [0.1, 0.15) is 5.82 Å². The van der Waals surface area contributed by atoms with Gasteiger partial charge in [0.15, 0.2) is 0 Å². The first-order chi connectivity index (χ1) is 7.58. The molecule has 1 aliphatic heterocycles. The van der Waals surface area contributed by atoms with Gasteiger partial charge in [0, 0.05) is 19.3 Å². The van der Waals surface area contributed by atoms with Gasteiger partial charge in [0.25, 0.3) is 0 Å². The van der Waals surface area contributed by atoms with Crippen LogP contribution in [-0.4, -0.2) is 18.1 Å². The highest BCUT2D eigenvalue weighted by Crippen LogP contribution is 2.28. The quantitative estimate of drug-likeness (QED) is 0.774. The molecular weight excluding hydrogens is 196 g/mol. The van der Waals surface area contributed by atoms with Crippen LogP contribution in [0, 0.1) is 11.8 Å². The van der Waals surface area contributed by atoms with Gasteiger partial charge in [-0.2, -0.15) is 0 Å². The van der Waals surface area contributed by atoms with Gasteiger partial charge in [-0.15, -0.1) is 0 Å². The van der Waals surface area contributed by atoms with Crippen LogP contribution in [0.15, 0.2) is 18.3 Å². The lowest BCUT2D eigenvalue weighted by molar-refractivity contribution is 0.308. The maximum absolute atomic E-state index is 4.54. The molecule has 2 nitrogen and oxygen atoms in total. The standard InChI is InChI=1S/C14H22N2/c1-10(2)12-5-6-14(15-7-12)16-8-13(9-16)11(3)4/h5-7,10-11,13H,8-9H2,1-4H3. The molecule has 1 saturated heterocycles. The van der Waals surface area contributed by atoms with E-state index in [1.807, 2.05) is 6.20 Å². The molecule has 0 radical (unpaired) electrons. The van der Waals surface area contributed by atoms with Crippen molar-refractivity contribution in [3.8, 4) is 0 Å². The van der Waals surface area contributed by atoms with Gasteiger partial charge in [-0.3, -0.25) is 0 Å². The van der Waals surface area contributed by atoms with Crippen LogP contribution >= 0.6 is 0 Å². The molecule has 0 atom stereocenters. The molecule has 2 rings (SSSR count). The molecule has 2 heteroatoms. The van der Waals surface area contributed by atoms with Crippen LogP contribution < -0.4 is 4.90 Å². The van der Waals surface area contributed by atoms with Crippen LogP contribution in [0.1, 0.15) is 39.2 Å². The first kappa shape index (κ1) is 11.4. The van der Waals surface area contributed by atoms with Gasteiger partial charge in [-0.05, 0) is 29.4 Å². The third-order valence-corrected chi connectivity index (χ3v) is 3.61. The van der Waals surface area contributed by atoms with Crippen molar-refractivity contribution < 1.29 is 0 Å². The predicted octanol–water partition coefficient (Wildman–Crippen LogP) is 3.30. The molecule has 1 aromatic rings. The summed E-state index contributed by atoms with van der Waals surface area (Å²) in [6.45, 7) is 11.4. The number of nitrogens with zero attached hydrogens (tertiary/aromatic N) is 2. The topological polar surface area (TPSA) is 16.1 Å². The molecule has 0 N–H and O–H groups in total. The van der Waals surface area contributed by atoms with Crippen molar-refractivity contribution in [1.82, 2.24) is 4.98 Å². The van der Waals surface area contributed by atoms with E-state index >= 15 is 0 Å². The van der Waals surface area contributed by atoms with Gasteiger partial charge >= 0.3 is 0 Å². The number of pyridine rings is 1. The second-order valence-electron chi connectivity index (χ2n) is 5.51. The Balaban J connectivity index is 1.97. The predicted molar refractivity (Wildman–Crippen MR) is 68.9 cm³/mol. The number of aromatic nitrogens is 1. The lowest BCUT2D eigenvalue weighted by atomic mass is 9.88. The lowest BCUT2D eigenvalue weighted by Crippen LogP contribution is -2.49. The smallest absolute Gasteiger partial charge is 0.128 e. The summed E-state index contributed by atoms with van der Waals surface area (Å²) in [6.07, 6.45) is 2.02. The van der Waals surface area contributed by atoms with Crippen LogP contribution in [0.5, 0.6) is 0 Å². The molecule has 0 aliphatic carbocycles. The summed E-state index contributed by atoms with van der Waals surface area (Å²) in [5.41, 5.74) is 1.32. The maximum atomic E-state index is 4.54. The minimum absolute atomic E-state index is 0.571. The molecule has 2 heterocycles. The van der Waals surface area contributed by atoms with Crippen molar-refractivity contribution >= 4 is 5.82 Å². The van der Waals surface area contributed by atoms with Crippen LogP contribution in [0.25, 0.3) is 0 Å². The van der Waals surface area contributed by atoms with Crippen molar-refractivity contribution in [2.45, 2.75) is 33.6 Å². The summed E-state index contributed by atoms with van der Waals surface area (Å²) in [4.78, 5) is 6.91. The van der Waals surface area contributed by atoms with Crippen molar-refractivity contribution in [3.05, 3.63) is 23.9 Å². The van der Waals surface area contributed by atoms with Gasteiger partial charge in [-0.1, -0.05) is 33.8 Å². The third kappa shape index (κ3) is 2.21. The van der Waals surface area contributed by atoms with Crippen LogP contribution in [-0.2, 0) is 0 Å².